The second-order valence-electron chi connectivity index (χ2n) is 8.67. The molecule has 132 valence electrons. The third-order valence-electron chi connectivity index (χ3n) is 4.68. The fourth-order valence-electron chi connectivity index (χ4n) is 2.71. The molecular weight excluding hydrogens is 298 g/mol. The van der Waals surface area contributed by atoms with Crippen molar-refractivity contribution >= 4 is 0 Å². The molecule has 4 heteroatoms. The number of aryl methyl sites for hydroxylation is 3. The van der Waals surface area contributed by atoms with Gasteiger partial charge in [-0.1, -0.05) is 40.7 Å². The van der Waals surface area contributed by atoms with Gasteiger partial charge in [0.1, 0.15) is 0 Å². The summed E-state index contributed by atoms with van der Waals surface area (Å²) < 4.78 is 3.69. The number of nitrogens with zero attached hydrogens (tertiary/aromatic N) is 3. The average Bonchev–Trinajstić information content (AvgIpc) is 2.93. The summed E-state index contributed by atoms with van der Waals surface area (Å²) in [6.07, 6.45) is 9.33. The van der Waals surface area contributed by atoms with Gasteiger partial charge in [0.2, 0.25) is 5.56 Å². The quantitative estimate of drug-likeness (QED) is 0.805. The average molecular weight is 329 g/mol. The van der Waals surface area contributed by atoms with E-state index < -0.39 is 0 Å². The van der Waals surface area contributed by atoms with Crippen molar-refractivity contribution in [1.82, 2.24) is 14.3 Å². The highest BCUT2D eigenvalue weighted by Gasteiger charge is 2.21. The summed E-state index contributed by atoms with van der Waals surface area (Å²) in [5, 5.41) is 4.51. The number of hydrogen-bond acceptors (Lipinski definition) is 2. The van der Waals surface area contributed by atoms with Gasteiger partial charge in [-0.2, -0.15) is 5.10 Å². The maximum Gasteiger partial charge on any atom is 0.250 e. The molecule has 0 radical (unpaired) electrons. The Balaban J connectivity index is 1.98. The van der Waals surface area contributed by atoms with E-state index in [4.69, 9.17) is 0 Å². The van der Waals surface area contributed by atoms with Crippen molar-refractivity contribution in [2.24, 2.45) is 12.5 Å². The van der Waals surface area contributed by atoms with Crippen LogP contribution in [0.3, 0.4) is 0 Å². The fraction of sp³-hybridized carbons (Fsp3) is 0.600. The van der Waals surface area contributed by atoms with Crippen LogP contribution in [-0.2, 0) is 25.4 Å². The molecule has 0 atom stereocenters. The zero-order chi connectivity index (χ0) is 18.0. The molecule has 0 spiro atoms. The molecule has 0 N–H and O–H groups in total. The van der Waals surface area contributed by atoms with E-state index in [1.807, 2.05) is 23.1 Å². The van der Waals surface area contributed by atoms with Crippen LogP contribution in [0, 0.1) is 5.41 Å². The van der Waals surface area contributed by atoms with E-state index >= 15 is 0 Å². The van der Waals surface area contributed by atoms with Gasteiger partial charge in [-0.25, -0.2) is 0 Å². The molecule has 0 fully saturated rings. The van der Waals surface area contributed by atoms with Crippen LogP contribution in [0.5, 0.6) is 0 Å². The van der Waals surface area contributed by atoms with Crippen LogP contribution in [0.2, 0.25) is 0 Å². The van der Waals surface area contributed by atoms with Crippen molar-refractivity contribution in [3.8, 4) is 0 Å². The van der Waals surface area contributed by atoms with Crippen LogP contribution in [0.4, 0.5) is 0 Å². The predicted octanol–water partition coefficient (Wildman–Crippen LogP) is 3.93. The van der Waals surface area contributed by atoms with Gasteiger partial charge in [0.25, 0.3) is 0 Å². The minimum Gasteiger partial charge on any atom is -0.318 e. The van der Waals surface area contributed by atoms with Gasteiger partial charge in [0, 0.05) is 32.1 Å². The lowest BCUT2D eigenvalue weighted by molar-refractivity contribution is 0.378. The molecule has 2 aromatic heterocycles. The standard InChI is InChI=1S/C20H31N3O/c1-19(2,3)10-9-16-13-21-23(14-16)12-11-20(4,5)17-7-8-18(24)22(6)15-17/h7-8,13-15H,9-12H2,1-6H3. The Labute approximate surface area is 145 Å². The zero-order valence-corrected chi connectivity index (χ0v) is 16.0. The molecular formula is C20H31N3O. The van der Waals surface area contributed by atoms with E-state index in [2.05, 4.69) is 45.9 Å². The molecule has 0 unspecified atom stereocenters. The van der Waals surface area contributed by atoms with Gasteiger partial charge in [0.15, 0.2) is 0 Å². The van der Waals surface area contributed by atoms with Gasteiger partial charge in [-0.05, 0) is 41.2 Å². The zero-order valence-electron chi connectivity index (χ0n) is 16.0. The molecule has 24 heavy (non-hydrogen) atoms. The summed E-state index contributed by atoms with van der Waals surface area (Å²) in [5.41, 5.74) is 2.88. The molecule has 0 bridgehead atoms. The molecule has 2 rings (SSSR count). The van der Waals surface area contributed by atoms with Gasteiger partial charge in [-0.3, -0.25) is 9.48 Å². The van der Waals surface area contributed by atoms with Crippen molar-refractivity contribution in [2.75, 3.05) is 0 Å². The van der Waals surface area contributed by atoms with Crippen LogP contribution < -0.4 is 5.56 Å². The summed E-state index contributed by atoms with van der Waals surface area (Å²) in [6.45, 7) is 12.1. The van der Waals surface area contributed by atoms with Gasteiger partial charge in [0.05, 0.1) is 6.20 Å². The van der Waals surface area contributed by atoms with E-state index in [1.54, 1.807) is 17.7 Å². The Hall–Kier alpha value is -1.84. The minimum absolute atomic E-state index is 0.00296. The third kappa shape index (κ3) is 5.08. The Kier molecular flexibility index (Phi) is 5.36. The SMILES string of the molecule is Cn1cc(C(C)(C)CCn2cc(CCC(C)(C)C)cn2)ccc1=O. The van der Waals surface area contributed by atoms with Crippen LogP contribution in [0.15, 0.2) is 35.5 Å². The van der Waals surface area contributed by atoms with Crippen molar-refractivity contribution in [2.45, 2.75) is 65.8 Å². The van der Waals surface area contributed by atoms with Gasteiger partial charge in [-0.15, -0.1) is 0 Å². The number of aromatic nitrogens is 3. The van der Waals surface area contributed by atoms with Crippen LogP contribution in [0.1, 0.15) is 58.6 Å². The Morgan fingerprint density at radius 3 is 2.38 bits per heavy atom. The summed E-state index contributed by atoms with van der Waals surface area (Å²) in [7, 11) is 1.80. The van der Waals surface area contributed by atoms with E-state index in [-0.39, 0.29) is 11.0 Å². The molecule has 2 heterocycles. The molecule has 0 aliphatic carbocycles. The molecule has 0 aromatic carbocycles. The van der Waals surface area contributed by atoms with Crippen LogP contribution in [-0.4, -0.2) is 14.3 Å². The maximum atomic E-state index is 11.6. The first-order chi connectivity index (χ1) is 11.1. The first kappa shape index (κ1) is 18.5. The Morgan fingerprint density at radius 2 is 1.75 bits per heavy atom. The summed E-state index contributed by atoms with van der Waals surface area (Å²) >= 11 is 0. The Bertz CT molecular complexity index is 732. The highest BCUT2D eigenvalue weighted by Crippen LogP contribution is 2.27. The molecule has 0 saturated heterocycles. The normalized spacial score (nSPS) is 12.6. The monoisotopic (exact) mass is 329 g/mol. The topological polar surface area (TPSA) is 39.8 Å². The number of hydrogen-bond donors (Lipinski definition) is 0. The van der Waals surface area contributed by atoms with E-state index in [9.17, 15) is 4.79 Å². The van der Waals surface area contributed by atoms with E-state index in [0.717, 1.165) is 19.4 Å². The molecule has 2 aromatic rings. The van der Waals surface area contributed by atoms with Crippen molar-refractivity contribution in [1.29, 1.82) is 0 Å². The van der Waals surface area contributed by atoms with E-state index in [0.29, 0.717) is 5.41 Å². The highest BCUT2D eigenvalue weighted by atomic mass is 16.1. The third-order valence-corrected chi connectivity index (χ3v) is 4.68. The van der Waals surface area contributed by atoms with Crippen LogP contribution >= 0.6 is 0 Å². The summed E-state index contributed by atoms with van der Waals surface area (Å²) in [4.78, 5) is 11.6. The number of pyridine rings is 1. The second kappa shape index (κ2) is 6.96. The lowest BCUT2D eigenvalue weighted by atomic mass is 9.82. The first-order valence-electron chi connectivity index (χ1n) is 8.75. The summed E-state index contributed by atoms with van der Waals surface area (Å²) in [6, 6.07) is 3.59. The molecule has 0 saturated carbocycles. The van der Waals surface area contributed by atoms with Crippen molar-refractivity contribution in [3.63, 3.8) is 0 Å². The summed E-state index contributed by atoms with van der Waals surface area (Å²) in [5.74, 6) is 0. The largest absolute Gasteiger partial charge is 0.318 e. The molecule has 0 aliphatic heterocycles. The molecule has 0 aliphatic rings. The lowest BCUT2D eigenvalue weighted by Gasteiger charge is -2.25. The Morgan fingerprint density at radius 1 is 1.04 bits per heavy atom. The first-order valence-corrected chi connectivity index (χ1v) is 8.75. The van der Waals surface area contributed by atoms with Gasteiger partial charge < -0.3 is 4.57 Å². The van der Waals surface area contributed by atoms with Gasteiger partial charge >= 0.3 is 0 Å². The second-order valence-corrected chi connectivity index (χ2v) is 8.67. The highest BCUT2D eigenvalue weighted by molar-refractivity contribution is 5.20. The van der Waals surface area contributed by atoms with Crippen LogP contribution in [0.25, 0.3) is 0 Å². The van der Waals surface area contributed by atoms with Crippen molar-refractivity contribution in [3.05, 3.63) is 52.2 Å². The van der Waals surface area contributed by atoms with Crippen molar-refractivity contribution < 1.29 is 0 Å². The lowest BCUT2D eigenvalue weighted by Crippen LogP contribution is -2.24. The maximum absolute atomic E-state index is 11.6. The molecule has 0 amide bonds. The molecule has 4 nitrogen and oxygen atoms in total. The predicted molar refractivity (Wildman–Crippen MR) is 99.3 cm³/mol. The smallest absolute Gasteiger partial charge is 0.250 e. The number of rotatable bonds is 6. The fourth-order valence-corrected chi connectivity index (χ4v) is 2.71. The minimum atomic E-state index is 0.00296. The van der Waals surface area contributed by atoms with E-state index in [1.165, 1.54) is 17.5 Å².